The fourth-order valence-electron chi connectivity index (χ4n) is 2.47. The minimum Gasteiger partial charge on any atom is -0.460 e. The van der Waals surface area contributed by atoms with Crippen LogP contribution in [0.25, 0.3) is 0 Å². The Bertz CT molecular complexity index is 983. The third-order valence-corrected chi connectivity index (χ3v) is 3.81. The lowest BCUT2D eigenvalue weighted by Crippen LogP contribution is -2.28. The minimum atomic E-state index is -1.04. The summed E-state index contributed by atoms with van der Waals surface area (Å²) >= 11 is 0. The number of rotatable bonds is 8. The maximum atomic E-state index is 13.7. The number of ether oxygens (including phenoxy) is 1. The van der Waals surface area contributed by atoms with E-state index in [-0.39, 0.29) is 24.2 Å². The van der Waals surface area contributed by atoms with Crippen LogP contribution < -0.4 is 5.43 Å². The highest BCUT2D eigenvalue weighted by atomic mass is 19.1. The van der Waals surface area contributed by atoms with E-state index in [4.69, 9.17) is 19.7 Å². The molecule has 1 heterocycles. The van der Waals surface area contributed by atoms with Crippen LogP contribution in [-0.2, 0) is 17.6 Å². The van der Waals surface area contributed by atoms with E-state index in [0.717, 1.165) is 18.4 Å². The molecule has 0 aliphatic rings. The lowest BCUT2D eigenvalue weighted by Gasteiger charge is -2.09. The van der Waals surface area contributed by atoms with E-state index in [2.05, 4.69) is 0 Å². The Labute approximate surface area is 158 Å². The predicted octanol–water partition coefficient (Wildman–Crippen LogP) is 2.07. The molecule has 148 valence electrons. The summed E-state index contributed by atoms with van der Waals surface area (Å²) in [5, 5.41) is 17.0. The van der Waals surface area contributed by atoms with E-state index in [1.807, 2.05) is 0 Å². The maximum Gasteiger partial charge on any atom is 0.374 e. The number of hydrogen-bond donors (Lipinski definition) is 2. The van der Waals surface area contributed by atoms with Crippen molar-refractivity contribution in [1.82, 2.24) is 0 Å². The molecular weight excluding hydrogens is 376 g/mol. The number of carbonyl (C=O) groups excluding carboxylic acids is 2. The summed E-state index contributed by atoms with van der Waals surface area (Å²) in [5.41, 5.74) is -2.41. The zero-order valence-corrected chi connectivity index (χ0v) is 14.9. The van der Waals surface area contributed by atoms with Gasteiger partial charge in [-0.25, -0.2) is 13.6 Å². The van der Waals surface area contributed by atoms with Crippen molar-refractivity contribution in [3.05, 3.63) is 68.8 Å². The molecule has 2 rings (SSSR count). The number of hydrogen-bond acceptors (Lipinski definition) is 7. The fraction of sp³-hybridized carbons (Fsp3) is 0.263. The zero-order valence-electron chi connectivity index (χ0n) is 14.9. The Morgan fingerprint density at radius 1 is 1.29 bits per heavy atom. The van der Waals surface area contributed by atoms with Crippen LogP contribution in [0.1, 0.15) is 39.0 Å². The molecule has 0 unspecified atom stereocenters. The van der Waals surface area contributed by atoms with E-state index in [1.165, 1.54) is 0 Å². The van der Waals surface area contributed by atoms with Gasteiger partial charge < -0.3 is 19.7 Å². The monoisotopic (exact) mass is 393 g/mol. The Kier molecular flexibility index (Phi) is 6.89. The first kappa shape index (κ1) is 21.1. The average molecular weight is 393 g/mol. The number of ketones is 1. The largest absolute Gasteiger partial charge is 0.460 e. The van der Waals surface area contributed by atoms with Crippen LogP contribution in [-0.4, -0.2) is 35.8 Å². The molecule has 0 amide bonds. The van der Waals surface area contributed by atoms with Crippen molar-refractivity contribution < 1.29 is 32.6 Å². The third kappa shape index (κ3) is 4.55. The second-order valence-corrected chi connectivity index (χ2v) is 5.70. The minimum absolute atomic E-state index is 0.0235. The lowest BCUT2D eigenvalue weighted by atomic mass is 9.99. The Hall–Kier alpha value is -3.20. The van der Waals surface area contributed by atoms with Gasteiger partial charge in [-0.1, -0.05) is 6.07 Å². The first-order valence-electron chi connectivity index (χ1n) is 8.28. The van der Waals surface area contributed by atoms with Gasteiger partial charge in [0, 0.05) is 25.5 Å². The van der Waals surface area contributed by atoms with Gasteiger partial charge in [-0.05, 0) is 18.6 Å². The number of halogens is 2. The number of aliphatic hydroxyl groups is 1. The Morgan fingerprint density at radius 3 is 2.61 bits per heavy atom. The molecule has 0 saturated carbocycles. The van der Waals surface area contributed by atoms with Crippen molar-refractivity contribution in [3.8, 4) is 0 Å². The molecule has 7 nitrogen and oxygen atoms in total. The number of esters is 1. The zero-order chi connectivity index (χ0) is 20.8. The molecular formula is C19H17F2NO6. The van der Waals surface area contributed by atoms with Crippen LogP contribution >= 0.6 is 0 Å². The van der Waals surface area contributed by atoms with E-state index >= 15 is 0 Å². The summed E-state index contributed by atoms with van der Waals surface area (Å²) in [4.78, 5) is 36.9. The normalized spacial score (nSPS) is 10.6. The molecule has 1 aromatic carbocycles. The molecule has 28 heavy (non-hydrogen) atoms. The van der Waals surface area contributed by atoms with Crippen LogP contribution in [0.3, 0.4) is 0 Å². The summed E-state index contributed by atoms with van der Waals surface area (Å²) in [5.74, 6) is -4.13. The van der Waals surface area contributed by atoms with Crippen LogP contribution in [0.15, 0.2) is 33.7 Å². The number of carbonyl (C=O) groups is 2. The van der Waals surface area contributed by atoms with Gasteiger partial charge in [-0.2, -0.15) is 0 Å². The number of benzene rings is 1. The standard InChI is InChI=1S/C19H17F2NO6/c1-2-27-19(26)18-12(5-6-23)16(24)13(9-28-18)17(25)15(22)7-10-3-4-11(20)8-14(10)21/h3-4,8-9,22-23H,2,5-7H2,1H3. The van der Waals surface area contributed by atoms with E-state index in [9.17, 15) is 23.2 Å². The summed E-state index contributed by atoms with van der Waals surface area (Å²) in [6.07, 6.45) is -0.00970. The van der Waals surface area contributed by atoms with Crippen molar-refractivity contribution in [3.63, 3.8) is 0 Å². The van der Waals surface area contributed by atoms with Gasteiger partial charge in [-0.15, -0.1) is 0 Å². The smallest absolute Gasteiger partial charge is 0.374 e. The molecule has 0 radical (unpaired) electrons. The molecule has 0 atom stereocenters. The molecule has 0 spiro atoms. The average Bonchev–Trinajstić information content (AvgIpc) is 2.65. The van der Waals surface area contributed by atoms with Crippen LogP contribution in [0.5, 0.6) is 0 Å². The summed E-state index contributed by atoms with van der Waals surface area (Å²) in [7, 11) is 0. The number of nitrogens with one attached hydrogen (secondary N) is 1. The van der Waals surface area contributed by atoms with Crippen molar-refractivity contribution in [2.24, 2.45) is 0 Å². The van der Waals surface area contributed by atoms with E-state index in [1.54, 1.807) is 6.92 Å². The van der Waals surface area contributed by atoms with Gasteiger partial charge in [0.2, 0.25) is 11.5 Å². The highest BCUT2D eigenvalue weighted by Gasteiger charge is 2.25. The van der Waals surface area contributed by atoms with Gasteiger partial charge in [0.1, 0.15) is 23.5 Å². The fourth-order valence-corrected chi connectivity index (χ4v) is 2.47. The van der Waals surface area contributed by atoms with Crippen molar-refractivity contribution in [2.45, 2.75) is 19.8 Å². The Morgan fingerprint density at radius 2 is 2.00 bits per heavy atom. The van der Waals surface area contributed by atoms with Gasteiger partial charge in [0.05, 0.1) is 17.9 Å². The number of aliphatic hydroxyl groups excluding tert-OH is 1. The lowest BCUT2D eigenvalue weighted by molar-refractivity contribution is 0.0483. The van der Waals surface area contributed by atoms with Crippen molar-refractivity contribution in [2.75, 3.05) is 13.2 Å². The third-order valence-electron chi connectivity index (χ3n) is 3.81. The molecule has 0 fully saturated rings. The molecule has 2 N–H and O–H groups in total. The quantitative estimate of drug-likeness (QED) is 0.403. The molecule has 0 saturated heterocycles. The second kappa shape index (κ2) is 9.14. The first-order chi connectivity index (χ1) is 13.3. The van der Waals surface area contributed by atoms with E-state index < -0.39 is 58.9 Å². The van der Waals surface area contributed by atoms with Gasteiger partial charge >= 0.3 is 5.97 Å². The highest BCUT2D eigenvalue weighted by Crippen LogP contribution is 2.14. The SMILES string of the molecule is CCOC(=O)c1occ(C(=O)C(=N)Cc2ccc(F)cc2F)c(=O)c1CCO. The predicted molar refractivity (Wildman–Crippen MR) is 93.8 cm³/mol. The van der Waals surface area contributed by atoms with Crippen LogP contribution in [0.2, 0.25) is 0 Å². The first-order valence-corrected chi connectivity index (χ1v) is 8.28. The van der Waals surface area contributed by atoms with Gasteiger partial charge in [-0.3, -0.25) is 9.59 Å². The molecule has 2 aromatic rings. The highest BCUT2D eigenvalue weighted by molar-refractivity contribution is 6.45. The summed E-state index contributed by atoms with van der Waals surface area (Å²) in [6.45, 7) is 1.08. The van der Waals surface area contributed by atoms with E-state index in [0.29, 0.717) is 6.07 Å². The van der Waals surface area contributed by atoms with Gasteiger partial charge in [0.15, 0.2) is 5.43 Å². The molecule has 0 bridgehead atoms. The molecule has 0 aliphatic heterocycles. The van der Waals surface area contributed by atoms with Crippen LogP contribution in [0, 0.1) is 17.0 Å². The molecule has 1 aromatic heterocycles. The van der Waals surface area contributed by atoms with Crippen LogP contribution in [0.4, 0.5) is 8.78 Å². The van der Waals surface area contributed by atoms with Crippen molar-refractivity contribution in [1.29, 1.82) is 5.41 Å². The molecule has 9 heteroatoms. The Balaban J connectivity index is 2.36. The topological polar surface area (TPSA) is 118 Å². The van der Waals surface area contributed by atoms with Crippen molar-refractivity contribution >= 4 is 17.5 Å². The number of Topliss-reactive ketones (excluding diaryl/α,β-unsaturated/α-hetero) is 1. The second-order valence-electron chi connectivity index (χ2n) is 5.70. The summed E-state index contributed by atoms with van der Waals surface area (Å²) < 4.78 is 36.5. The summed E-state index contributed by atoms with van der Waals surface area (Å²) in [6, 6.07) is 2.70. The van der Waals surface area contributed by atoms with Gasteiger partial charge in [0.25, 0.3) is 0 Å². The maximum absolute atomic E-state index is 13.7. The molecule has 0 aliphatic carbocycles.